The van der Waals surface area contributed by atoms with Crippen LogP contribution in [0.25, 0.3) is 0 Å². The monoisotopic (exact) mass is 310 g/mol. The number of likely N-dealkylation sites (N-methyl/N-ethyl adjacent to an activating group) is 1. The average molecular weight is 310 g/mol. The van der Waals surface area contributed by atoms with Crippen LogP contribution < -0.4 is 0 Å². The van der Waals surface area contributed by atoms with Gasteiger partial charge < -0.3 is 14.7 Å². The molecule has 5 nitrogen and oxygen atoms in total. The van der Waals surface area contributed by atoms with Gasteiger partial charge in [0.25, 0.3) is 0 Å². The summed E-state index contributed by atoms with van der Waals surface area (Å²) < 4.78 is 5.40. The number of carbonyl (C=O) groups is 1. The zero-order valence-electron chi connectivity index (χ0n) is 14.0. The molecule has 0 radical (unpaired) electrons. The van der Waals surface area contributed by atoms with E-state index in [4.69, 9.17) is 4.74 Å². The summed E-state index contributed by atoms with van der Waals surface area (Å²) in [5.41, 5.74) is -0.710. The zero-order valence-corrected chi connectivity index (χ0v) is 14.0. The Bertz CT molecular complexity index is 422. The van der Waals surface area contributed by atoms with Crippen LogP contribution in [0.3, 0.4) is 0 Å². The minimum Gasteiger partial charge on any atom is -0.388 e. The van der Waals surface area contributed by atoms with Crippen LogP contribution in [-0.4, -0.2) is 71.3 Å². The van der Waals surface area contributed by atoms with E-state index in [0.717, 1.165) is 51.6 Å². The number of likely N-dealkylation sites (tertiary alicyclic amines) is 2. The van der Waals surface area contributed by atoms with Crippen molar-refractivity contribution in [2.24, 2.45) is 0 Å². The van der Waals surface area contributed by atoms with Crippen molar-refractivity contribution in [3.05, 3.63) is 0 Å². The van der Waals surface area contributed by atoms with E-state index in [-0.39, 0.29) is 11.4 Å². The Morgan fingerprint density at radius 3 is 2.73 bits per heavy atom. The molecule has 126 valence electrons. The van der Waals surface area contributed by atoms with Gasteiger partial charge in [0.2, 0.25) is 5.91 Å². The second-order valence-corrected chi connectivity index (χ2v) is 7.63. The van der Waals surface area contributed by atoms with Gasteiger partial charge in [-0.05, 0) is 39.2 Å². The molecule has 3 aliphatic heterocycles. The highest BCUT2D eigenvalue weighted by Crippen LogP contribution is 2.39. The third-order valence-electron chi connectivity index (χ3n) is 6.22. The molecular formula is C17H30N2O3. The number of β-amino-alcohol motifs (C(OH)–C–C–N with tert-alkyl or cyclic N) is 1. The predicted octanol–water partition coefficient (Wildman–Crippen LogP) is 1.39. The van der Waals surface area contributed by atoms with E-state index in [2.05, 4.69) is 11.8 Å². The van der Waals surface area contributed by atoms with Crippen molar-refractivity contribution in [1.82, 2.24) is 9.80 Å². The molecule has 0 bridgehead atoms. The van der Waals surface area contributed by atoms with Gasteiger partial charge in [-0.2, -0.15) is 0 Å². The van der Waals surface area contributed by atoms with Gasteiger partial charge in [0.05, 0.1) is 11.1 Å². The van der Waals surface area contributed by atoms with Gasteiger partial charge in [0, 0.05) is 52.1 Å². The van der Waals surface area contributed by atoms with Crippen molar-refractivity contribution in [3.8, 4) is 0 Å². The topological polar surface area (TPSA) is 53.0 Å². The van der Waals surface area contributed by atoms with E-state index >= 15 is 0 Å². The lowest BCUT2D eigenvalue weighted by atomic mass is 9.79. The summed E-state index contributed by atoms with van der Waals surface area (Å²) in [6, 6.07) is 0.365. The first kappa shape index (κ1) is 16.2. The minimum atomic E-state index is -0.620. The summed E-state index contributed by atoms with van der Waals surface area (Å²) in [7, 11) is 1.97. The standard InChI is InChI=1S/C17H30N2O3/c1-16-7-4-10-19(13-17(21)8-11-22-12-9-17)14(16)5-3-6-15(20)18(16)2/h14,21H,3-13H2,1-2H3/t14-,16-/m0/s1. The molecule has 3 fully saturated rings. The number of hydrogen-bond acceptors (Lipinski definition) is 4. The van der Waals surface area contributed by atoms with Gasteiger partial charge in [-0.1, -0.05) is 0 Å². The molecule has 5 heteroatoms. The highest BCUT2D eigenvalue weighted by Gasteiger charge is 2.48. The molecule has 3 saturated heterocycles. The summed E-state index contributed by atoms with van der Waals surface area (Å²) in [6.07, 6.45) is 6.29. The molecule has 0 aromatic heterocycles. The molecule has 0 spiro atoms. The Labute approximate surface area is 133 Å². The van der Waals surface area contributed by atoms with Crippen LogP contribution in [0.1, 0.15) is 51.9 Å². The van der Waals surface area contributed by atoms with E-state index in [0.29, 0.717) is 25.7 Å². The van der Waals surface area contributed by atoms with Crippen molar-refractivity contribution in [2.45, 2.75) is 69.1 Å². The number of amides is 1. The first-order valence-electron chi connectivity index (χ1n) is 8.75. The van der Waals surface area contributed by atoms with Crippen LogP contribution in [0, 0.1) is 0 Å². The normalized spacial score (nSPS) is 36.8. The lowest BCUT2D eigenvalue weighted by molar-refractivity contribution is -0.140. The molecule has 2 atom stereocenters. The summed E-state index contributed by atoms with van der Waals surface area (Å²) in [5, 5.41) is 10.9. The van der Waals surface area contributed by atoms with Crippen LogP contribution in [0.15, 0.2) is 0 Å². The van der Waals surface area contributed by atoms with Crippen molar-refractivity contribution in [2.75, 3.05) is 33.4 Å². The highest BCUT2D eigenvalue weighted by atomic mass is 16.5. The molecule has 0 aliphatic carbocycles. The Balaban J connectivity index is 1.78. The number of nitrogens with zero attached hydrogens (tertiary/aromatic N) is 2. The number of rotatable bonds is 2. The molecular weight excluding hydrogens is 280 g/mol. The summed E-state index contributed by atoms with van der Waals surface area (Å²) in [6.45, 7) is 5.31. The van der Waals surface area contributed by atoms with E-state index in [1.54, 1.807) is 0 Å². The number of hydrogen-bond donors (Lipinski definition) is 1. The lowest BCUT2D eigenvalue weighted by Crippen LogP contribution is -2.64. The van der Waals surface area contributed by atoms with E-state index < -0.39 is 5.60 Å². The first-order valence-corrected chi connectivity index (χ1v) is 8.75. The summed E-state index contributed by atoms with van der Waals surface area (Å²) >= 11 is 0. The fraction of sp³-hybridized carbons (Fsp3) is 0.941. The predicted molar refractivity (Wildman–Crippen MR) is 84.6 cm³/mol. The van der Waals surface area contributed by atoms with Crippen molar-refractivity contribution < 1.29 is 14.6 Å². The van der Waals surface area contributed by atoms with Gasteiger partial charge in [-0.25, -0.2) is 0 Å². The van der Waals surface area contributed by atoms with Crippen molar-refractivity contribution in [3.63, 3.8) is 0 Å². The molecule has 1 N–H and O–H groups in total. The maximum Gasteiger partial charge on any atom is 0.222 e. The van der Waals surface area contributed by atoms with Crippen LogP contribution in [0.2, 0.25) is 0 Å². The Morgan fingerprint density at radius 1 is 1.27 bits per heavy atom. The lowest BCUT2D eigenvalue weighted by Gasteiger charge is -2.53. The van der Waals surface area contributed by atoms with Gasteiger partial charge in [-0.3, -0.25) is 9.69 Å². The van der Waals surface area contributed by atoms with Gasteiger partial charge in [0.1, 0.15) is 0 Å². The summed E-state index contributed by atoms with van der Waals surface area (Å²) in [5.74, 6) is 0.275. The smallest absolute Gasteiger partial charge is 0.222 e. The average Bonchev–Trinajstić information content (AvgIpc) is 2.59. The molecule has 0 aromatic carbocycles. The second kappa shape index (κ2) is 6.10. The molecule has 3 aliphatic rings. The molecule has 22 heavy (non-hydrogen) atoms. The summed E-state index contributed by atoms with van der Waals surface area (Å²) in [4.78, 5) is 16.7. The molecule has 3 heterocycles. The Kier molecular flexibility index (Phi) is 4.49. The van der Waals surface area contributed by atoms with Crippen LogP contribution in [-0.2, 0) is 9.53 Å². The van der Waals surface area contributed by atoms with Gasteiger partial charge >= 0.3 is 0 Å². The van der Waals surface area contributed by atoms with E-state index in [9.17, 15) is 9.90 Å². The van der Waals surface area contributed by atoms with Gasteiger partial charge in [0.15, 0.2) is 0 Å². The van der Waals surface area contributed by atoms with Gasteiger partial charge in [-0.15, -0.1) is 0 Å². The van der Waals surface area contributed by atoms with E-state index in [1.165, 1.54) is 0 Å². The number of piperidine rings is 1. The Hall–Kier alpha value is -0.650. The molecule has 0 unspecified atom stereocenters. The largest absolute Gasteiger partial charge is 0.388 e. The van der Waals surface area contributed by atoms with Crippen LogP contribution in [0.5, 0.6) is 0 Å². The third-order valence-corrected chi connectivity index (χ3v) is 6.22. The van der Waals surface area contributed by atoms with E-state index in [1.807, 2.05) is 11.9 Å². The molecule has 1 amide bonds. The number of aliphatic hydroxyl groups is 1. The fourth-order valence-electron chi connectivity index (χ4n) is 4.62. The number of ether oxygens (including phenoxy) is 1. The number of carbonyl (C=O) groups excluding carboxylic acids is 1. The van der Waals surface area contributed by atoms with Crippen LogP contribution in [0.4, 0.5) is 0 Å². The molecule has 0 saturated carbocycles. The zero-order chi connectivity index (χ0) is 15.8. The van der Waals surface area contributed by atoms with Crippen LogP contribution >= 0.6 is 0 Å². The molecule has 3 rings (SSSR count). The van der Waals surface area contributed by atoms with Crippen molar-refractivity contribution in [1.29, 1.82) is 0 Å². The number of fused-ring (bicyclic) bond motifs is 1. The van der Waals surface area contributed by atoms with Crippen molar-refractivity contribution >= 4 is 5.91 Å². The maximum absolute atomic E-state index is 12.3. The minimum absolute atomic E-state index is 0.0899. The Morgan fingerprint density at radius 2 is 2.00 bits per heavy atom. The molecule has 0 aromatic rings. The maximum atomic E-state index is 12.3. The highest BCUT2D eigenvalue weighted by molar-refractivity contribution is 5.77. The fourth-order valence-corrected chi connectivity index (χ4v) is 4.62. The SMILES string of the molecule is CN1C(=O)CCC[C@@H]2N(CC3(O)CCOCC3)CCC[C@@]21C. The third kappa shape index (κ3) is 2.91. The first-order chi connectivity index (χ1) is 10.4. The second-order valence-electron chi connectivity index (χ2n) is 7.63. The quantitative estimate of drug-likeness (QED) is 0.837.